The SMILES string of the molecule is CC(C)(C)c1cc(C#N)c(O)c(-c2cccc3ccccc23)c1.[B][B]B(B([B])[B])B(B([B])[B])B([B])[B]. The lowest BCUT2D eigenvalue weighted by molar-refractivity contribution is 0.474. The molecule has 3 aromatic rings. The van der Waals surface area contributed by atoms with E-state index in [4.69, 9.17) is 54.2 Å². The van der Waals surface area contributed by atoms with Gasteiger partial charge in [0.25, 0.3) is 0 Å². The fourth-order valence-electron chi connectivity index (χ4n) is 4.10. The molecule has 0 aliphatic rings. The van der Waals surface area contributed by atoms with E-state index in [1.807, 2.05) is 36.4 Å². The van der Waals surface area contributed by atoms with Gasteiger partial charge in [0, 0.05) is 98.7 Å². The molecule has 153 valence electrons. The highest BCUT2D eigenvalue weighted by atomic mass is 16.3. The summed E-state index contributed by atoms with van der Waals surface area (Å²) < 4.78 is 0. The van der Waals surface area contributed by atoms with Crippen LogP contribution in [-0.2, 0) is 5.41 Å². The quantitative estimate of drug-likeness (QED) is 0.564. The molecule has 0 bridgehead atoms. The van der Waals surface area contributed by atoms with E-state index < -0.39 is 25.5 Å². The molecule has 0 spiro atoms. The van der Waals surface area contributed by atoms with Crippen LogP contribution in [0.5, 0.6) is 5.75 Å². The molecule has 0 amide bonds. The maximum Gasteiger partial charge on any atom is 0.141 e. The monoisotopic (exact) mass is 444 g/mol. The van der Waals surface area contributed by atoms with Gasteiger partial charge in [0.2, 0.25) is 0 Å². The zero-order valence-electron chi connectivity index (χ0n) is 21.1. The third-order valence-electron chi connectivity index (χ3n) is 6.18. The first-order chi connectivity index (χ1) is 16.8. The van der Waals surface area contributed by atoms with Gasteiger partial charge >= 0.3 is 0 Å². The van der Waals surface area contributed by atoms with Crippen LogP contribution in [0, 0.1) is 11.3 Å². The average Bonchev–Trinajstić information content (AvgIpc) is 2.81. The molecule has 15 heteroatoms. The summed E-state index contributed by atoms with van der Waals surface area (Å²) in [4.78, 5) is 0. The third kappa shape index (κ3) is 7.30. The van der Waals surface area contributed by atoms with Gasteiger partial charge < -0.3 is 5.11 Å². The number of rotatable bonds is 6. The number of hydrogen-bond donors (Lipinski definition) is 1. The van der Waals surface area contributed by atoms with Crippen LogP contribution in [0.3, 0.4) is 0 Å². The molecule has 0 fully saturated rings. The van der Waals surface area contributed by atoms with Crippen LogP contribution in [0.2, 0.25) is 0 Å². The number of aromatic hydroxyl groups is 1. The van der Waals surface area contributed by atoms with Crippen molar-refractivity contribution in [2.45, 2.75) is 26.2 Å². The number of phenolic OH excluding ortho intramolecular Hbond substituents is 1. The summed E-state index contributed by atoms with van der Waals surface area (Å²) in [5, 5.41) is 22.1. The van der Waals surface area contributed by atoms with Crippen LogP contribution in [-0.4, -0.2) is 98.3 Å². The summed E-state index contributed by atoms with van der Waals surface area (Å²) in [6.45, 7) is 6.31. The molecule has 0 atom stereocenters. The predicted molar refractivity (Wildman–Crippen MR) is 169 cm³/mol. The molecule has 15 radical (unpaired) electrons. The minimum Gasteiger partial charge on any atom is -0.506 e. The number of fused-ring (bicyclic) bond motifs is 1. The van der Waals surface area contributed by atoms with Crippen LogP contribution in [0.25, 0.3) is 21.9 Å². The van der Waals surface area contributed by atoms with E-state index in [1.165, 1.54) is 7.06 Å². The van der Waals surface area contributed by atoms with Crippen LogP contribution in [0.1, 0.15) is 31.9 Å². The molecule has 1 N–H and O–H groups in total. The van der Waals surface area contributed by atoms with Crippen molar-refractivity contribution in [3.05, 3.63) is 65.7 Å². The highest BCUT2D eigenvalue weighted by Crippen LogP contribution is 2.39. The fourth-order valence-corrected chi connectivity index (χ4v) is 4.10. The molecule has 0 unspecified atom stereocenters. The van der Waals surface area contributed by atoms with Crippen molar-refractivity contribution in [2.24, 2.45) is 0 Å². The molecule has 36 heavy (non-hydrogen) atoms. The smallest absolute Gasteiger partial charge is 0.141 e. The largest absolute Gasteiger partial charge is 0.506 e. The van der Waals surface area contributed by atoms with Gasteiger partial charge in [-0.25, -0.2) is 0 Å². The van der Waals surface area contributed by atoms with E-state index in [1.54, 1.807) is 6.07 Å². The van der Waals surface area contributed by atoms with Crippen LogP contribution in [0.15, 0.2) is 54.6 Å². The molecule has 0 aliphatic heterocycles. The van der Waals surface area contributed by atoms with Crippen LogP contribution >= 0.6 is 0 Å². The van der Waals surface area contributed by atoms with Gasteiger partial charge in [-0.05, 0) is 39.4 Å². The second kappa shape index (κ2) is 13.0. The van der Waals surface area contributed by atoms with Crippen molar-refractivity contribution in [1.29, 1.82) is 5.26 Å². The average molecular weight is 442 g/mol. The van der Waals surface area contributed by atoms with E-state index in [9.17, 15) is 10.4 Å². The Morgan fingerprint density at radius 2 is 1.42 bits per heavy atom. The number of benzene rings is 3. The predicted octanol–water partition coefficient (Wildman–Crippen LogP) is 0.431. The molecule has 0 heterocycles. The minimum absolute atomic E-state index is 0.0526. The number of phenols is 1. The molecular formula is C21H19B13NO. The Morgan fingerprint density at radius 1 is 0.833 bits per heavy atom. The maximum absolute atomic E-state index is 10.6. The molecule has 0 aromatic heterocycles. The third-order valence-corrected chi connectivity index (χ3v) is 6.18. The normalized spacial score (nSPS) is 10.4. The summed E-state index contributed by atoms with van der Waals surface area (Å²) in [6.07, 6.45) is -2.87. The van der Waals surface area contributed by atoms with E-state index in [2.05, 4.69) is 39.0 Å². The highest BCUT2D eigenvalue weighted by molar-refractivity contribution is 8.07. The zero-order chi connectivity index (χ0) is 27.2. The summed E-state index contributed by atoms with van der Waals surface area (Å²) in [7, 11) is 39.5. The number of hydrogen-bond acceptors (Lipinski definition) is 2. The van der Waals surface area contributed by atoms with Gasteiger partial charge in [-0.15, -0.1) is 0 Å². The first-order valence-electron chi connectivity index (χ1n) is 11.7. The lowest BCUT2D eigenvalue weighted by Gasteiger charge is -2.31. The van der Waals surface area contributed by atoms with Crippen LogP contribution < -0.4 is 0 Å². The molecule has 3 rings (SSSR count). The van der Waals surface area contributed by atoms with E-state index in [0.717, 1.165) is 21.9 Å². The Morgan fingerprint density at radius 3 is 1.89 bits per heavy atom. The van der Waals surface area contributed by atoms with Crippen molar-refractivity contribution < 1.29 is 5.11 Å². The van der Waals surface area contributed by atoms with Crippen molar-refractivity contribution in [3.63, 3.8) is 0 Å². The highest BCUT2D eigenvalue weighted by Gasteiger charge is 2.32. The van der Waals surface area contributed by atoms with Crippen LogP contribution in [0.4, 0.5) is 0 Å². The number of nitrogens with zero attached hydrogens (tertiary/aromatic N) is 1. The molecule has 0 saturated heterocycles. The van der Waals surface area contributed by atoms with E-state index in [-0.39, 0.29) is 17.5 Å². The second-order valence-corrected chi connectivity index (χ2v) is 9.89. The van der Waals surface area contributed by atoms with Gasteiger partial charge in [-0.3, -0.25) is 0 Å². The number of nitriles is 1. The van der Waals surface area contributed by atoms with E-state index >= 15 is 0 Å². The second-order valence-electron chi connectivity index (χ2n) is 9.89. The van der Waals surface area contributed by atoms with Gasteiger partial charge in [0.15, 0.2) is 0 Å². The lowest BCUT2D eigenvalue weighted by atomic mass is 8.50. The van der Waals surface area contributed by atoms with Crippen molar-refractivity contribution in [1.82, 2.24) is 0 Å². The lowest BCUT2D eigenvalue weighted by Crippen LogP contribution is -2.69. The first kappa shape index (κ1) is 30.3. The molecule has 0 saturated carbocycles. The maximum atomic E-state index is 10.6. The van der Waals surface area contributed by atoms with E-state index in [0.29, 0.717) is 11.1 Å². The summed E-state index contributed by atoms with van der Waals surface area (Å²) in [5.74, 6) is 0.0526. The molecule has 3 aromatic carbocycles. The summed E-state index contributed by atoms with van der Waals surface area (Å²) in [6, 6.07) is 20.0. The topological polar surface area (TPSA) is 44.0 Å². The zero-order valence-corrected chi connectivity index (χ0v) is 21.1. The summed E-state index contributed by atoms with van der Waals surface area (Å²) >= 11 is 0. The first-order valence-corrected chi connectivity index (χ1v) is 11.7. The van der Waals surface area contributed by atoms with Gasteiger partial charge in [-0.2, -0.15) is 5.26 Å². The van der Waals surface area contributed by atoms with Crippen molar-refractivity contribution in [2.75, 3.05) is 0 Å². The Bertz CT molecular complexity index is 1190. The van der Waals surface area contributed by atoms with Gasteiger partial charge in [0.1, 0.15) is 11.8 Å². The van der Waals surface area contributed by atoms with Crippen molar-refractivity contribution >= 4 is 104 Å². The Kier molecular flexibility index (Phi) is 11.0. The Balaban J connectivity index is 0.000000302. The summed E-state index contributed by atoms with van der Waals surface area (Å²) in [5.41, 5.74) is 2.92. The minimum atomic E-state index is -0.695. The standard InChI is InChI=1S/C21H19NO.B13/c1-21(2,3)16-11-15(13-22)20(23)19(12-16)18-10-6-8-14-7-4-5-9-17(14)18;1-8-12(9(2)3)13(10(4)5)11(6)7/h4-12,23H,1-3H3;. The van der Waals surface area contributed by atoms with Crippen molar-refractivity contribution in [3.8, 4) is 22.9 Å². The fraction of sp³-hybridized carbons (Fsp3) is 0.190. The van der Waals surface area contributed by atoms with Gasteiger partial charge in [-0.1, -0.05) is 63.2 Å². The molecule has 0 aliphatic carbocycles. The Hall–Kier alpha value is -1.95. The molecule has 2 nitrogen and oxygen atoms in total. The molecular weight excluding hydrogens is 423 g/mol. The van der Waals surface area contributed by atoms with Gasteiger partial charge in [0.05, 0.1) is 5.56 Å². The Labute approximate surface area is 228 Å².